The van der Waals surface area contributed by atoms with Crippen molar-refractivity contribution in [3.05, 3.63) is 35.4 Å². The fraction of sp³-hybridized carbons (Fsp3) is 0.500. The number of halogens is 2. The summed E-state index contributed by atoms with van der Waals surface area (Å²) in [6.45, 7) is 1.24. The van der Waals surface area contributed by atoms with Crippen molar-refractivity contribution in [1.82, 2.24) is 10.6 Å². The Labute approximate surface area is 116 Å². The van der Waals surface area contributed by atoms with Gasteiger partial charge in [-0.25, -0.2) is 13.6 Å². The molecule has 0 aliphatic carbocycles. The Hall–Kier alpha value is -1.69. The van der Waals surface area contributed by atoms with Crippen LogP contribution in [0.1, 0.15) is 24.8 Å². The number of hydrogen-bond donors (Lipinski definition) is 2. The predicted molar refractivity (Wildman–Crippen MR) is 70.2 cm³/mol. The third kappa shape index (κ3) is 4.45. The third-order valence-corrected chi connectivity index (χ3v) is 3.22. The molecule has 0 saturated carbocycles. The molecule has 2 amide bonds. The molecule has 1 aliphatic heterocycles. The van der Waals surface area contributed by atoms with Crippen molar-refractivity contribution in [3.8, 4) is 0 Å². The molecule has 1 atom stereocenters. The molecule has 6 heteroatoms. The number of ether oxygens (including phenoxy) is 1. The average molecular weight is 284 g/mol. The molecule has 0 bridgehead atoms. The number of carbonyl (C=O) groups excluding carboxylic acids is 1. The summed E-state index contributed by atoms with van der Waals surface area (Å²) in [5.41, 5.74) is 0.124. The molecule has 1 aromatic rings. The second-order valence-electron chi connectivity index (χ2n) is 4.77. The van der Waals surface area contributed by atoms with Crippen molar-refractivity contribution in [2.45, 2.75) is 31.9 Å². The summed E-state index contributed by atoms with van der Waals surface area (Å²) in [5.74, 6) is -1.06. The molecule has 110 valence electrons. The number of rotatable bonds is 5. The highest BCUT2D eigenvalue weighted by atomic mass is 19.1. The number of carbonyl (C=O) groups is 1. The van der Waals surface area contributed by atoms with Crippen LogP contribution >= 0.6 is 0 Å². The highest BCUT2D eigenvalue weighted by Gasteiger charge is 2.15. The smallest absolute Gasteiger partial charge is 0.315 e. The van der Waals surface area contributed by atoms with Gasteiger partial charge in [0.2, 0.25) is 0 Å². The molecular formula is C14H18F2N2O2. The summed E-state index contributed by atoms with van der Waals surface area (Å²) in [4.78, 5) is 11.5. The van der Waals surface area contributed by atoms with E-state index in [4.69, 9.17) is 4.74 Å². The van der Waals surface area contributed by atoms with Crippen LogP contribution in [0.25, 0.3) is 0 Å². The maximum absolute atomic E-state index is 13.3. The van der Waals surface area contributed by atoms with Crippen LogP contribution in [-0.4, -0.2) is 25.3 Å². The number of urea groups is 1. The van der Waals surface area contributed by atoms with Gasteiger partial charge in [0.05, 0.1) is 6.10 Å². The molecule has 1 fully saturated rings. The molecule has 1 heterocycles. The Morgan fingerprint density at radius 3 is 2.95 bits per heavy atom. The molecule has 2 rings (SSSR count). The van der Waals surface area contributed by atoms with Crippen molar-refractivity contribution in [3.63, 3.8) is 0 Å². The van der Waals surface area contributed by atoms with Gasteiger partial charge in [-0.05, 0) is 37.5 Å². The van der Waals surface area contributed by atoms with Gasteiger partial charge in [0, 0.05) is 25.3 Å². The van der Waals surface area contributed by atoms with Gasteiger partial charge in [-0.3, -0.25) is 0 Å². The second kappa shape index (κ2) is 7.19. The minimum atomic E-state index is -0.536. The first kappa shape index (κ1) is 14.7. The Morgan fingerprint density at radius 1 is 1.35 bits per heavy atom. The van der Waals surface area contributed by atoms with Crippen LogP contribution in [0.2, 0.25) is 0 Å². The van der Waals surface area contributed by atoms with Crippen LogP contribution in [0, 0.1) is 11.6 Å². The first-order valence-electron chi connectivity index (χ1n) is 6.72. The van der Waals surface area contributed by atoms with E-state index < -0.39 is 17.7 Å². The van der Waals surface area contributed by atoms with Crippen LogP contribution in [0.4, 0.5) is 13.6 Å². The maximum Gasteiger partial charge on any atom is 0.315 e. The number of hydrogen-bond acceptors (Lipinski definition) is 2. The van der Waals surface area contributed by atoms with Gasteiger partial charge in [0.15, 0.2) is 0 Å². The molecule has 1 aromatic carbocycles. The zero-order valence-corrected chi connectivity index (χ0v) is 11.1. The summed E-state index contributed by atoms with van der Waals surface area (Å²) in [6.07, 6.45) is 3.07. The van der Waals surface area contributed by atoms with Gasteiger partial charge in [0.25, 0.3) is 0 Å². The lowest BCUT2D eigenvalue weighted by Gasteiger charge is -2.11. The van der Waals surface area contributed by atoms with Crippen LogP contribution in [0.3, 0.4) is 0 Å². The highest BCUT2D eigenvalue weighted by Crippen LogP contribution is 2.14. The fourth-order valence-corrected chi connectivity index (χ4v) is 2.14. The van der Waals surface area contributed by atoms with Crippen LogP contribution in [0.15, 0.2) is 18.2 Å². The van der Waals surface area contributed by atoms with Gasteiger partial charge in [-0.15, -0.1) is 0 Å². The Kier molecular flexibility index (Phi) is 5.29. The van der Waals surface area contributed by atoms with Gasteiger partial charge in [-0.1, -0.05) is 0 Å². The average Bonchev–Trinajstić information content (AvgIpc) is 2.93. The first-order valence-corrected chi connectivity index (χ1v) is 6.72. The maximum atomic E-state index is 13.3. The van der Waals surface area contributed by atoms with E-state index in [1.165, 1.54) is 0 Å². The van der Waals surface area contributed by atoms with Crippen molar-refractivity contribution in [1.29, 1.82) is 0 Å². The number of benzene rings is 1. The van der Waals surface area contributed by atoms with Crippen molar-refractivity contribution in [2.75, 3.05) is 13.2 Å². The van der Waals surface area contributed by atoms with Crippen LogP contribution in [-0.2, 0) is 11.3 Å². The molecule has 0 spiro atoms. The quantitative estimate of drug-likeness (QED) is 0.872. The van der Waals surface area contributed by atoms with E-state index in [9.17, 15) is 13.6 Å². The largest absolute Gasteiger partial charge is 0.378 e. The number of nitrogens with one attached hydrogen (secondary N) is 2. The van der Waals surface area contributed by atoms with Crippen LogP contribution in [0.5, 0.6) is 0 Å². The lowest BCUT2D eigenvalue weighted by molar-refractivity contribution is 0.104. The minimum absolute atomic E-state index is 0.0463. The Bertz CT molecular complexity index is 462. The first-order chi connectivity index (χ1) is 9.65. The molecule has 0 radical (unpaired) electrons. The zero-order valence-electron chi connectivity index (χ0n) is 11.1. The van der Waals surface area contributed by atoms with Gasteiger partial charge in [0.1, 0.15) is 11.6 Å². The molecule has 2 N–H and O–H groups in total. The van der Waals surface area contributed by atoms with Gasteiger partial charge >= 0.3 is 6.03 Å². The molecule has 20 heavy (non-hydrogen) atoms. The summed E-state index contributed by atoms with van der Waals surface area (Å²) in [7, 11) is 0. The summed E-state index contributed by atoms with van der Waals surface area (Å²) in [5, 5.41) is 5.16. The lowest BCUT2D eigenvalue weighted by Crippen LogP contribution is -2.36. The minimum Gasteiger partial charge on any atom is -0.378 e. The summed E-state index contributed by atoms with van der Waals surface area (Å²) < 4.78 is 31.7. The lowest BCUT2D eigenvalue weighted by atomic mass is 10.2. The van der Waals surface area contributed by atoms with E-state index in [0.29, 0.717) is 6.54 Å². The van der Waals surface area contributed by atoms with E-state index in [2.05, 4.69) is 10.6 Å². The van der Waals surface area contributed by atoms with Crippen molar-refractivity contribution in [2.24, 2.45) is 0 Å². The van der Waals surface area contributed by atoms with E-state index in [0.717, 1.165) is 44.1 Å². The normalized spacial score (nSPS) is 18.0. The van der Waals surface area contributed by atoms with Crippen molar-refractivity contribution < 1.29 is 18.3 Å². The third-order valence-electron chi connectivity index (χ3n) is 3.22. The number of amides is 2. The molecule has 1 unspecified atom stereocenters. The van der Waals surface area contributed by atoms with Crippen LogP contribution < -0.4 is 10.6 Å². The van der Waals surface area contributed by atoms with E-state index in [1.54, 1.807) is 0 Å². The summed E-state index contributed by atoms with van der Waals surface area (Å²) >= 11 is 0. The Morgan fingerprint density at radius 2 is 2.20 bits per heavy atom. The highest BCUT2D eigenvalue weighted by molar-refractivity contribution is 5.73. The second-order valence-corrected chi connectivity index (χ2v) is 4.77. The standard InChI is InChI=1S/C14H18F2N2O2/c15-11-3-4-13(16)10(8-11)9-18-14(19)17-6-5-12-2-1-7-20-12/h3-4,8,12H,1-2,5-7,9H2,(H2,17,18,19). The van der Waals surface area contributed by atoms with Crippen molar-refractivity contribution >= 4 is 6.03 Å². The summed E-state index contributed by atoms with van der Waals surface area (Å²) in [6, 6.07) is 2.76. The SMILES string of the molecule is O=C(NCCC1CCCO1)NCc1cc(F)ccc1F. The molecular weight excluding hydrogens is 266 g/mol. The van der Waals surface area contributed by atoms with E-state index in [1.807, 2.05) is 0 Å². The zero-order chi connectivity index (χ0) is 14.4. The van der Waals surface area contributed by atoms with Gasteiger partial charge in [-0.2, -0.15) is 0 Å². The van der Waals surface area contributed by atoms with E-state index >= 15 is 0 Å². The molecule has 1 aliphatic rings. The molecule has 1 saturated heterocycles. The van der Waals surface area contributed by atoms with Gasteiger partial charge < -0.3 is 15.4 Å². The predicted octanol–water partition coefficient (Wildman–Crippen LogP) is 2.33. The Balaban J connectivity index is 1.67. The molecule has 0 aromatic heterocycles. The monoisotopic (exact) mass is 284 g/mol. The topological polar surface area (TPSA) is 50.4 Å². The fourth-order valence-electron chi connectivity index (χ4n) is 2.14. The van der Waals surface area contributed by atoms with E-state index in [-0.39, 0.29) is 18.2 Å². The molecule has 4 nitrogen and oxygen atoms in total.